The Hall–Kier alpha value is -1.16. The highest BCUT2D eigenvalue weighted by atomic mass is 35.5. The van der Waals surface area contributed by atoms with E-state index in [9.17, 15) is 4.79 Å². The SMILES string of the molecule is CC(C)(C)OC(=O)c1ccc(Cl)nn1. The van der Waals surface area contributed by atoms with Crippen LogP contribution >= 0.6 is 11.6 Å². The topological polar surface area (TPSA) is 52.1 Å². The zero-order chi connectivity index (χ0) is 10.8. The van der Waals surface area contributed by atoms with Crippen LogP contribution in [0.4, 0.5) is 0 Å². The van der Waals surface area contributed by atoms with E-state index < -0.39 is 11.6 Å². The molecule has 0 unspecified atom stereocenters. The third-order valence-electron chi connectivity index (χ3n) is 1.24. The lowest BCUT2D eigenvalue weighted by molar-refractivity contribution is 0.00616. The summed E-state index contributed by atoms with van der Waals surface area (Å²) in [5.74, 6) is -0.498. The van der Waals surface area contributed by atoms with Gasteiger partial charge in [0.25, 0.3) is 0 Å². The van der Waals surface area contributed by atoms with E-state index in [0.29, 0.717) is 0 Å². The van der Waals surface area contributed by atoms with E-state index in [1.54, 1.807) is 20.8 Å². The van der Waals surface area contributed by atoms with E-state index in [0.717, 1.165) is 0 Å². The van der Waals surface area contributed by atoms with Gasteiger partial charge < -0.3 is 4.74 Å². The summed E-state index contributed by atoms with van der Waals surface area (Å²) in [4.78, 5) is 11.4. The summed E-state index contributed by atoms with van der Waals surface area (Å²) in [7, 11) is 0. The molecule has 0 aliphatic rings. The third kappa shape index (κ3) is 3.30. The van der Waals surface area contributed by atoms with Gasteiger partial charge in [-0.25, -0.2) is 4.79 Å². The van der Waals surface area contributed by atoms with Crippen molar-refractivity contribution in [3.8, 4) is 0 Å². The Kier molecular flexibility index (Phi) is 3.06. The molecule has 0 fully saturated rings. The summed E-state index contributed by atoms with van der Waals surface area (Å²) in [5, 5.41) is 7.40. The van der Waals surface area contributed by atoms with Crippen molar-refractivity contribution < 1.29 is 9.53 Å². The van der Waals surface area contributed by atoms with Crippen molar-refractivity contribution in [2.45, 2.75) is 26.4 Å². The van der Waals surface area contributed by atoms with Crippen molar-refractivity contribution in [1.82, 2.24) is 10.2 Å². The quantitative estimate of drug-likeness (QED) is 0.672. The van der Waals surface area contributed by atoms with Gasteiger partial charge in [-0.2, -0.15) is 0 Å². The first-order chi connectivity index (χ1) is 6.38. The van der Waals surface area contributed by atoms with Gasteiger partial charge in [0.1, 0.15) is 5.60 Å². The highest BCUT2D eigenvalue weighted by Crippen LogP contribution is 2.11. The second-order valence-corrected chi connectivity index (χ2v) is 4.13. The zero-order valence-corrected chi connectivity index (χ0v) is 9.00. The predicted octanol–water partition coefficient (Wildman–Crippen LogP) is 2.09. The van der Waals surface area contributed by atoms with Crippen molar-refractivity contribution >= 4 is 17.6 Å². The van der Waals surface area contributed by atoms with Crippen LogP contribution < -0.4 is 0 Å². The maximum atomic E-state index is 11.4. The maximum Gasteiger partial charge on any atom is 0.359 e. The number of nitrogens with zero attached hydrogens (tertiary/aromatic N) is 2. The van der Waals surface area contributed by atoms with Crippen LogP contribution in [-0.2, 0) is 4.74 Å². The second-order valence-electron chi connectivity index (χ2n) is 3.74. The minimum Gasteiger partial charge on any atom is -0.455 e. The Balaban J connectivity index is 2.76. The second kappa shape index (κ2) is 3.92. The summed E-state index contributed by atoms with van der Waals surface area (Å²) in [5.41, 5.74) is -0.373. The van der Waals surface area contributed by atoms with Gasteiger partial charge in [0.2, 0.25) is 0 Å². The molecular formula is C9H11ClN2O2. The average Bonchev–Trinajstić information content (AvgIpc) is 2.02. The first-order valence-electron chi connectivity index (χ1n) is 4.11. The normalized spacial score (nSPS) is 11.1. The number of hydrogen-bond donors (Lipinski definition) is 0. The van der Waals surface area contributed by atoms with Gasteiger partial charge in [-0.1, -0.05) is 11.6 Å². The van der Waals surface area contributed by atoms with Crippen molar-refractivity contribution in [3.05, 3.63) is 23.0 Å². The van der Waals surface area contributed by atoms with Crippen LogP contribution in [0.1, 0.15) is 31.3 Å². The minimum atomic E-state index is -0.529. The largest absolute Gasteiger partial charge is 0.455 e. The van der Waals surface area contributed by atoms with Crippen molar-refractivity contribution in [2.75, 3.05) is 0 Å². The molecule has 0 N–H and O–H groups in total. The molecule has 1 aromatic heterocycles. The smallest absolute Gasteiger partial charge is 0.359 e. The summed E-state index contributed by atoms with van der Waals surface area (Å²) < 4.78 is 5.08. The molecule has 1 heterocycles. The van der Waals surface area contributed by atoms with Crippen LogP contribution in [0.5, 0.6) is 0 Å². The lowest BCUT2D eigenvalue weighted by Crippen LogP contribution is -2.24. The van der Waals surface area contributed by atoms with Crippen LogP contribution in [0, 0.1) is 0 Å². The Labute approximate surface area is 87.2 Å². The fraction of sp³-hybridized carbons (Fsp3) is 0.444. The molecule has 0 aliphatic carbocycles. The van der Waals surface area contributed by atoms with Gasteiger partial charge in [0, 0.05) is 0 Å². The molecule has 14 heavy (non-hydrogen) atoms. The van der Waals surface area contributed by atoms with Gasteiger partial charge in [-0.05, 0) is 32.9 Å². The fourth-order valence-electron chi connectivity index (χ4n) is 0.755. The number of aromatic nitrogens is 2. The van der Waals surface area contributed by atoms with Crippen LogP contribution in [0.2, 0.25) is 5.15 Å². The van der Waals surface area contributed by atoms with Crippen LogP contribution in [-0.4, -0.2) is 21.8 Å². The number of esters is 1. The van der Waals surface area contributed by atoms with E-state index in [1.807, 2.05) is 0 Å². The molecule has 1 aromatic rings. The third-order valence-corrected chi connectivity index (χ3v) is 1.44. The molecule has 0 atom stereocenters. The number of ether oxygens (including phenoxy) is 1. The Bertz CT molecular complexity index is 330. The molecule has 4 nitrogen and oxygen atoms in total. The summed E-state index contributed by atoms with van der Waals surface area (Å²) in [6, 6.07) is 2.97. The molecule has 0 saturated heterocycles. The molecule has 0 spiro atoms. The maximum absolute atomic E-state index is 11.4. The van der Waals surface area contributed by atoms with Crippen LogP contribution in [0.3, 0.4) is 0 Å². The van der Waals surface area contributed by atoms with E-state index in [1.165, 1.54) is 12.1 Å². The molecule has 0 bridgehead atoms. The van der Waals surface area contributed by atoms with Crippen LogP contribution in [0.15, 0.2) is 12.1 Å². The number of hydrogen-bond acceptors (Lipinski definition) is 4. The summed E-state index contributed by atoms with van der Waals surface area (Å²) in [6.45, 7) is 5.36. The molecular weight excluding hydrogens is 204 g/mol. The van der Waals surface area contributed by atoms with E-state index >= 15 is 0 Å². The van der Waals surface area contributed by atoms with Crippen molar-refractivity contribution in [1.29, 1.82) is 0 Å². The molecule has 0 radical (unpaired) electrons. The molecule has 76 valence electrons. The van der Waals surface area contributed by atoms with Gasteiger partial charge >= 0.3 is 5.97 Å². The molecule has 0 amide bonds. The van der Waals surface area contributed by atoms with Crippen LogP contribution in [0.25, 0.3) is 0 Å². The molecule has 0 aliphatic heterocycles. The lowest BCUT2D eigenvalue weighted by Gasteiger charge is -2.18. The lowest BCUT2D eigenvalue weighted by atomic mass is 10.2. The number of halogens is 1. The molecule has 5 heteroatoms. The Morgan fingerprint density at radius 2 is 2.00 bits per heavy atom. The Morgan fingerprint density at radius 1 is 1.36 bits per heavy atom. The number of rotatable bonds is 1. The first-order valence-corrected chi connectivity index (χ1v) is 4.49. The van der Waals surface area contributed by atoms with Crippen molar-refractivity contribution in [2.24, 2.45) is 0 Å². The van der Waals surface area contributed by atoms with E-state index in [4.69, 9.17) is 16.3 Å². The number of carbonyl (C=O) groups is 1. The van der Waals surface area contributed by atoms with E-state index in [2.05, 4.69) is 10.2 Å². The molecule has 1 rings (SSSR count). The predicted molar refractivity (Wildman–Crippen MR) is 52.2 cm³/mol. The monoisotopic (exact) mass is 214 g/mol. The van der Waals surface area contributed by atoms with Crippen molar-refractivity contribution in [3.63, 3.8) is 0 Å². The highest BCUT2D eigenvalue weighted by molar-refractivity contribution is 6.29. The fourth-order valence-corrected chi connectivity index (χ4v) is 0.856. The summed E-state index contributed by atoms with van der Waals surface area (Å²) in [6.07, 6.45) is 0. The first kappa shape index (κ1) is 10.9. The number of carbonyl (C=O) groups excluding carboxylic acids is 1. The standard InChI is InChI=1S/C9H11ClN2O2/c1-9(2,3)14-8(13)6-4-5-7(10)12-11-6/h4-5H,1-3H3. The Morgan fingerprint density at radius 3 is 2.43 bits per heavy atom. The zero-order valence-electron chi connectivity index (χ0n) is 8.24. The van der Waals surface area contributed by atoms with E-state index in [-0.39, 0.29) is 10.8 Å². The molecule has 0 aromatic carbocycles. The van der Waals surface area contributed by atoms with Gasteiger partial charge in [0.15, 0.2) is 10.8 Å². The van der Waals surface area contributed by atoms with Gasteiger partial charge in [-0.15, -0.1) is 10.2 Å². The highest BCUT2D eigenvalue weighted by Gasteiger charge is 2.18. The summed E-state index contributed by atoms with van der Waals surface area (Å²) >= 11 is 5.52. The minimum absolute atomic E-state index is 0.157. The van der Waals surface area contributed by atoms with Gasteiger partial charge in [-0.3, -0.25) is 0 Å². The average molecular weight is 215 g/mol. The molecule has 0 saturated carbocycles. The van der Waals surface area contributed by atoms with Gasteiger partial charge in [0.05, 0.1) is 0 Å².